The van der Waals surface area contributed by atoms with Crippen LogP contribution in [-0.2, 0) is 4.74 Å². The Morgan fingerprint density at radius 2 is 2.06 bits per heavy atom. The summed E-state index contributed by atoms with van der Waals surface area (Å²) in [6.07, 6.45) is 1.40. The maximum Gasteiger partial charge on any atom is 0.415 e. The number of aromatic amines is 1. The number of pyridine rings is 1. The van der Waals surface area contributed by atoms with Crippen molar-refractivity contribution in [3.63, 3.8) is 0 Å². The number of ether oxygens (including phenoxy) is 1. The van der Waals surface area contributed by atoms with Gasteiger partial charge in [-0.1, -0.05) is 0 Å². The normalized spacial score (nSPS) is 11.6. The van der Waals surface area contributed by atoms with E-state index in [-0.39, 0.29) is 0 Å². The second-order valence-electron chi connectivity index (χ2n) is 5.12. The molecule has 5 nitrogen and oxygen atoms in total. The van der Waals surface area contributed by atoms with Crippen molar-refractivity contribution < 1.29 is 9.53 Å². The zero-order valence-corrected chi connectivity index (χ0v) is 11.0. The predicted octanol–water partition coefficient (Wildman–Crippen LogP) is 2.93. The number of fused-ring (bicyclic) bond motifs is 1. The van der Waals surface area contributed by atoms with Crippen LogP contribution in [0.15, 0.2) is 24.4 Å². The molecule has 5 heteroatoms. The van der Waals surface area contributed by atoms with Crippen LogP contribution in [0.5, 0.6) is 0 Å². The van der Waals surface area contributed by atoms with E-state index >= 15 is 0 Å². The Balaban J connectivity index is 2.22. The lowest BCUT2D eigenvalue weighted by atomic mass is 10.2. The number of H-pyrrole nitrogens is 1. The summed E-state index contributed by atoms with van der Waals surface area (Å²) in [6.45, 7) is 5.50. The number of hydrogen-bond acceptors (Lipinski definition) is 3. The highest BCUT2D eigenvalue weighted by molar-refractivity contribution is 5.88. The molecule has 0 aliphatic carbocycles. The van der Waals surface area contributed by atoms with Crippen molar-refractivity contribution in [3.8, 4) is 0 Å². The molecule has 0 aliphatic heterocycles. The van der Waals surface area contributed by atoms with E-state index in [1.165, 1.54) is 4.90 Å². The van der Waals surface area contributed by atoms with Gasteiger partial charge in [0.1, 0.15) is 17.1 Å². The molecule has 0 bridgehead atoms. The van der Waals surface area contributed by atoms with Gasteiger partial charge in [-0.25, -0.2) is 9.78 Å². The molecular weight excluding hydrogens is 230 g/mol. The third-order valence-corrected chi connectivity index (χ3v) is 2.41. The van der Waals surface area contributed by atoms with E-state index in [1.54, 1.807) is 13.1 Å². The first kappa shape index (κ1) is 12.4. The molecule has 0 spiro atoms. The van der Waals surface area contributed by atoms with Crippen molar-refractivity contribution in [1.82, 2.24) is 9.97 Å². The molecule has 2 aromatic rings. The van der Waals surface area contributed by atoms with E-state index in [9.17, 15) is 4.79 Å². The number of carbonyl (C=O) groups excluding carboxylic acids is 1. The van der Waals surface area contributed by atoms with Gasteiger partial charge in [-0.05, 0) is 39.0 Å². The Bertz CT molecular complexity index is 569. The number of rotatable bonds is 1. The van der Waals surface area contributed by atoms with Crippen molar-refractivity contribution >= 4 is 22.9 Å². The Morgan fingerprint density at radius 3 is 2.72 bits per heavy atom. The first-order valence-corrected chi connectivity index (χ1v) is 5.78. The Kier molecular flexibility index (Phi) is 2.98. The number of nitrogens with zero attached hydrogens (tertiary/aromatic N) is 2. The zero-order valence-electron chi connectivity index (χ0n) is 11.0. The third kappa shape index (κ3) is 2.61. The standard InChI is InChI=1S/C13H17N3O2/c1-13(2,3)18-12(17)16(4)10-6-5-9-7-8-14-11(9)15-10/h5-8H,1-4H3,(H,14,15). The molecule has 0 atom stereocenters. The van der Waals surface area contributed by atoms with Gasteiger partial charge in [0, 0.05) is 18.6 Å². The molecule has 0 saturated heterocycles. The molecule has 0 aromatic carbocycles. The largest absolute Gasteiger partial charge is 0.443 e. The summed E-state index contributed by atoms with van der Waals surface area (Å²) in [5, 5.41) is 1.01. The molecule has 1 N–H and O–H groups in total. The average Bonchev–Trinajstić information content (AvgIpc) is 2.72. The van der Waals surface area contributed by atoms with E-state index in [4.69, 9.17) is 4.74 Å². The topological polar surface area (TPSA) is 58.2 Å². The fourth-order valence-corrected chi connectivity index (χ4v) is 1.53. The van der Waals surface area contributed by atoms with Gasteiger partial charge in [-0.2, -0.15) is 0 Å². The molecule has 0 fully saturated rings. The Labute approximate surface area is 106 Å². The molecule has 0 aliphatic rings. The summed E-state index contributed by atoms with van der Waals surface area (Å²) >= 11 is 0. The molecule has 0 unspecified atom stereocenters. The molecule has 18 heavy (non-hydrogen) atoms. The number of carbonyl (C=O) groups is 1. The maximum absolute atomic E-state index is 11.9. The van der Waals surface area contributed by atoms with Crippen LogP contribution < -0.4 is 4.90 Å². The van der Waals surface area contributed by atoms with E-state index in [0.29, 0.717) is 5.82 Å². The predicted molar refractivity (Wildman–Crippen MR) is 70.7 cm³/mol. The monoisotopic (exact) mass is 247 g/mol. The van der Waals surface area contributed by atoms with Gasteiger partial charge < -0.3 is 9.72 Å². The summed E-state index contributed by atoms with van der Waals surface area (Å²) in [5.74, 6) is 0.555. The van der Waals surface area contributed by atoms with Crippen LogP contribution in [0.3, 0.4) is 0 Å². The van der Waals surface area contributed by atoms with Crippen LogP contribution in [0.4, 0.5) is 10.6 Å². The summed E-state index contributed by atoms with van der Waals surface area (Å²) in [4.78, 5) is 20.6. The lowest BCUT2D eigenvalue weighted by Gasteiger charge is -2.24. The highest BCUT2D eigenvalue weighted by Crippen LogP contribution is 2.18. The van der Waals surface area contributed by atoms with Gasteiger partial charge >= 0.3 is 6.09 Å². The lowest BCUT2D eigenvalue weighted by molar-refractivity contribution is 0.0588. The van der Waals surface area contributed by atoms with E-state index in [0.717, 1.165) is 11.0 Å². The van der Waals surface area contributed by atoms with Gasteiger partial charge in [0.2, 0.25) is 0 Å². The average molecular weight is 247 g/mol. The van der Waals surface area contributed by atoms with Gasteiger partial charge in [0.05, 0.1) is 0 Å². The van der Waals surface area contributed by atoms with Crippen molar-refractivity contribution in [1.29, 1.82) is 0 Å². The minimum Gasteiger partial charge on any atom is -0.443 e. The zero-order chi connectivity index (χ0) is 13.3. The highest BCUT2D eigenvalue weighted by Gasteiger charge is 2.21. The number of anilines is 1. The quantitative estimate of drug-likeness (QED) is 0.842. The van der Waals surface area contributed by atoms with Gasteiger partial charge in [0.15, 0.2) is 0 Å². The minimum absolute atomic E-state index is 0.416. The number of nitrogens with one attached hydrogen (secondary N) is 1. The summed E-state index contributed by atoms with van der Waals surface area (Å²) in [5.41, 5.74) is 0.241. The summed E-state index contributed by atoms with van der Waals surface area (Å²) in [7, 11) is 1.64. The van der Waals surface area contributed by atoms with E-state index in [2.05, 4.69) is 9.97 Å². The van der Waals surface area contributed by atoms with Crippen LogP contribution in [0.25, 0.3) is 11.0 Å². The molecule has 0 radical (unpaired) electrons. The SMILES string of the molecule is CN(C(=O)OC(C)(C)C)c1ccc2cc[nH]c2n1. The first-order chi connectivity index (χ1) is 8.37. The number of amides is 1. The van der Waals surface area contributed by atoms with Crippen LogP contribution in [0, 0.1) is 0 Å². The van der Waals surface area contributed by atoms with Crippen molar-refractivity contribution in [2.75, 3.05) is 11.9 Å². The van der Waals surface area contributed by atoms with E-state index in [1.807, 2.05) is 39.1 Å². The van der Waals surface area contributed by atoms with Crippen molar-refractivity contribution in [2.45, 2.75) is 26.4 Å². The summed E-state index contributed by atoms with van der Waals surface area (Å²) < 4.78 is 5.28. The second-order valence-corrected chi connectivity index (χ2v) is 5.12. The Morgan fingerprint density at radius 1 is 1.33 bits per heavy atom. The van der Waals surface area contributed by atoms with Gasteiger partial charge in [-0.3, -0.25) is 4.90 Å². The molecule has 2 rings (SSSR count). The van der Waals surface area contributed by atoms with Crippen LogP contribution in [0.1, 0.15) is 20.8 Å². The Hall–Kier alpha value is -2.04. The molecule has 0 saturated carbocycles. The second kappa shape index (κ2) is 4.33. The smallest absolute Gasteiger partial charge is 0.415 e. The van der Waals surface area contributed by atoms with Crippen LogP contribution >= 0.6 is 0 Å². The van der Waals surface area contributed by atoms with E-state index < -0.39 is 11.7 Å². The van der Waals surface area contributed by atoms with Gasteiger partial charge in [-0.15, -0.1) is 0 Å². The fraction of sp³-hybridized carbons (Fsp3) is 0.385. The van der Waals surface area contributed by atoms with Gasteiger partial charge in [0.25, 0.3) is 0 Å². The maximum atomic E-state index is 11.9. The van der Waals surface area contributed by atoms with Crippen LogP contribution in [0.2, 0.25) is 0 Å². The number of aromatic nitrogens is 2. The van der Waals surface area contributed by atoms with Crippen molar-refractivity contribution in [3.05, 3.63) is 24.4 Å². The molecule has 96 valence electrons. The number of hydrogen-bond donors (Lipinski definition) is 1. The van der Waals surface area contributed by atoms with Crippen LogP contribution in [-0.4, -0.2) is 28.7 Å². The molecule has 1 amide bonds. The lowest BCUT2D eigenvalue weighted by Crippen LogP contribution is -2.34. The summed E-state index contributed by atoms with van der Waals surface area (Å²) in [6, 6.07) is 5.63. The fourth-order valence-electron chi connectivity index (χ4n) is 1.53. The first-order valence-electron chi connectivity index (χ1n) is 5.78. The minimum atomic E-state index is -0.512. The van der Waals surface area contributed by atoms with Crippen molar-refractivity contribution in [2.24, 2.45) is 0 Å². The highest BCUT2D eigenvalue weighted by atomic mass is 16.6. The molecular formula is C13H17N3O2. The molecule has 2 aromatic heterocycles. The third-order valence-electron chi connectivity index (χ3n) is 2.41. The molecule has 2 heterocycles.